The fourth-order valence-electron chi connectivity index (χ4n) is 3.52. The summed E-state index contributed by atoms with van der Waals surface area (Å²) in [7, 11) is -2.72. The van der Waals surface area contributed by atoms with Crippen molar-refractivity contribution in [1.82, 2.24) is 0 Å². The maximum atomic E-state index is 13.8. The van der Waals surface area contributed by atoms with Crippen LogP contribution in [0, 0.1) is 27.7 Å². The Labute approximate surface area is 200 Å². The molecule has 3 aromatic rings. The number of ether oxygens (including phenoxy) is 1. The van der Waals surface area contributed by atoms with E-state index >= 15 is 0 Å². The lowest BCUT2D eigenvalue weighted by Crippen LogP contribution is -2.38. The maximum absolute atomic E-state index is 13.8. The Morgan fingerprint density at radius 1 is 0.939 bits per heavy atom. The van der Waals surface area contributed by atoms with Gasteiger partial charge in [-0.2, -0.15) is 0 Å². The van der Waals surface area contributed by atoms with Gasteiger partial charge in [-0.15, -0.1) is 0 Å². The van der Waals surface area contributed by atoms with Crippen LogP contribution in [0.1, 0.15) is 22.3 Å². The third kappa shape index (κ3) is 5.67. The molecule has 0 saturated carbocycles. The Morgan fingerprint density at radius 3 is 2.21 bits per heavy atom. The molecule has 0 aliphatic heterocycles. The van der Waals surface area contributed by atoms with E-state index < -0.39 is 22.5 Å². The van der Waals surface area contributed by atoms with Gasteiger partial charge in [0.15, 0.2) is 0 Å². The van der Waals surface area contributed by atoms with E-state index in [1.807, 2.05) is 26.8 Å². The number of nitrogens with zero attached hydrogens (tertiary/aromatic N) is 1. The van der Waals surface area contributed by atoms with E-state index in [4.69, 9.17) is 16.3 Å². The largest absolute Gasteiger partial charge is 0.495 e. The van der Waals surface area contributed by atoms with Crippen LogP contribution in [0.15, 0.2) is 59.5 Å². The molecule has 3 aromatic carbocycles. The summed E-state index contributed by atoms with van der Waals surface area (Å²) in [4.78, 5) is 13.0. The van der Waals surface area contributed by atoms with Crippen LogP contribution in [-0.2, 0) is 14.8 Å². The first kappa shape index (κ1) is 24.6. The number of aryl methyl sites for hydroxylation is 4. The third-order valence-corrected chi connectivity index (χ3v) is 7.33. The fourth-order valence-corrected chi connectivity index (χ4v) is 5.34. The van der Waals surface area contributed by atoms with Gasteiger partial charge in [-0.25, -0.2) is 8.42 Å². The standard InChI is InChI=1S/C25H27ClN2O4S/c1-16-6-9-23(32-5)24(13-16)33(30,31)28(21-11-17(2)10-18(3)12-21)15-25(29)27-20-8-7-19(4)22(26)14-20/h6-14H,15H2,1-5H3,(H,27,29). The second-order valence-electron chi connectivity index (χ2n) is 8.02. The zero-order valence-electron chi connectivity index (χ0n) is 19.3. The second kappa shape index (κ2) is 9.85. The molecular formula is C25H27ClN2O4S. The molecule has 174 valence electrons. The van der Waals surface area contributed by atoms with Gasteiger partial charge < -0.3 is 10.1 Å². The van der Waals surface area contributed by atoms with Gasteiger partial charge in [0.25, 0.3) is 10.0 Å². The summed E-state index contributed by atoms with van der Waals surface area (Å²) < 4.78 is 34.1. The van der Waals surface area contributed by atoms with Crippen LogP contribution in [0.25, 0.3) is 0 Å². The van der Waals surface area contributed by atoms with Crippen molar-refractivity contribution in [1.29, 1.82) is 0 Å². The van der Waals surface area contributed by atoms with E-state index in [-0.39, 0.29) is 10.6 Å². The zero-order valence-corrected chi connectivity index (χ0v) is 20.8. The highest BCUT2D eigenvalue weighted by molar-refractivity contribution is 7.93. The highest BCUT2D eigenvalue weighted by Crippen LogP contribution is 2.32. The molecule has 0 unspecified atom stereocenters. The third-order valence-electron chi connectivity index (χ3n) is 5.12. The maximum Gasteiger partial charge on any atom is 0.268 e. The Hall–Kier alpha value is -3.03. The van der Waals surface area contributed by atoms with E-state index in [0.29, 0.717) is 16.4 Å². The minimum Gasteiger partial charge on any atom is -0.495 e. The number of hydrogen-bond donors (Lipinski definition) is 1. The number of anilines is 2. The molecule has 0 bridgehead atoms. The van der Waals surface area contributed by atoms with Crippen LogP contribution < -0.4 is 14.4 Å². The smallest absolute Gasteiger partial charge is 0.268 e. The normalized spacial score (nSPS) is 11.2. The highest BCUT2D eigenvalue weighted by atomic mass is 35.5. The van der Waals surface area contributed by atoms with Crippen LogP contribution in [-0.4, -0.2) is 28.0 Å². The summed E-state index contributed by atoms with van der Waals surface area (Å²) in [6.07, 6.45) is 0. The van der Waals surface area contributed by atoms with Gasteiger partial charge >= 0.3 is 0 Å². The molecule has 0 aromatic heterocycles. The number of sulfonamides is 1. The molecule has 1 N–H and O–H groups in total. The monoisotopic (exact) mass is 486 g/mol. The lowest BCUT2D eigenvalue weighted by molar-refractivity contribution is -0.114. The predicted molar refractivity (Wildman–Crippen MR) is 133 cm³/mol. The minimum atomic E-state index is -4.13. The molecule has 3 rings (SSSR count). The molecule has 1 amide bonds. The lowest BCUT2D eigenvalue weighted by Gasteiger charge is -2.26. The van der Waals surface area contributed by atoms with E-state index in [1.165, 1.54) is 7.11 Å². The van der Waals surface area contributed by atoms with Crippen LogP contribution >= 0.6 is 11.6 Å². The molecule has 0 radical (unpaired) electrons. The summed E-state index contributed by atoms with van der Waals surface area (Å²) in [6, 6.07) is 15.5. The van der Waals surface area contributed by atoms with Crippen molar-refractivity contribution in [2.24, 2.45) is 0 Å². The lowest BCUT2D eigenvalue weighted by atomic mass is 10.1. The van der Waals surface area contributed by atoms with Gasteiger partial charge in [-0.05, 0) is 86.3 Å². The number of nitrogens with one attached hydrogen (secondary N) is 1. The highest BCUT2D eigenvalue weighted by Gasteiger charge is 2.30. The molecule has 0 heterocycles. The molecule has 6 nitrogen and oxygen atoms in total. The minimum absolute atomic E-state index is 0.00432. The number of methoxy groups -OCH3 is 1. The molecule has 8 heteroatoms. The molecule has 0 atom stereocenters. The molecular weight excluding hydrogens is 460 g/mol. The first-order valence-electron chi connectivity index (χ1n) is 10.3. The molecule has 0 aliphatic carbocycles. The Kier molecular flexibility index (Phi) is 7.34. The van der Waals surface area contributed by atoms with Gasteiger partial charge in [0.05, 0.1) is 12.8 Å². The average Bonchev–Trinajstić information content (AvgIpc) is 2.73. The predicted octanol–water partition coefficient (Wildman–Crippen LogP) is 5.42. The number of carbonyl (C=O) groups excluding carboxylic acids is 1. The SMILES string of the molecule is COc1ccc(C)cc1S(=O)(=O)N(CC(=O)Nc1ccc(C)c(Cl)c1)c1cc(C)cc(C)c1. The van der Waals surface area contributed by atoms with Crippen molar-refractivity contribution < 1.29 is 17.9 Å². The van der Waals surface area contributed by atoms with E-state index in [0.717, 1.165) is 26.6 Å². The van der Waals surface area contributed by atoms with Crippen molar-refractivity contribution in [2.45, 2.75) is 32.6 Å². The first-order valence-corrected chi connectivity index (χ1v) is 12.1. The topological polar surface area (TPSA) is 75.7 Å². The number of amides is 1. The van der Waals surface area contributed by atoms with Crippen molar-refractivity contribution in [3.05, 3.63) is 81.9 Å². The summed E-state index contributed by atoms with van der Waals surface area (Å²) in [5.74, 6) is -0.287. The van der Waals surface area contributed by atoms with Gasteiger partial charge in [0.2, 0.25) is 5.91 Å². The van der Waals surface area contributed by atoms with Crippen molar-refractivity contribution in [2.75, 3.05) is 23.3 Å². The van der Waals surface area contributed by atoms with E-state index in [9.17, 15) is 13.2 Å². The summed E-state index contributed by atoms with van der Waals surface area (Å²) >= 11 is 6.16. The number of hydrogen-bond acceptors (Lipinski definition) is 4. The Balaban J connectivity index is 2.05. The second-order valence-corrected chi connectivity index (χ2v) is 10.3. The Morgan fingerprint density at radius 2 is 1.61 bits per heavy atom. The van der Waals surface area contributed by atoms with Crippen LogP contribution in [0.2, 0.25) is 5.02 Å². The quantitative estimate of drug-likeness (QED) is 0.484. The fraction of sp³-hybridized carbons (Fsp3) is 0.240. The molecule has 0 aliphatic rings. The van der Waals surface area contributed by atoms with Crippen molar-refractivity contribution >= 4 is 38.9 Å². The summed E-state index contributed by atoms with van der Waals surface area (Å²) in [6.45, 7) is 6.99. The van der Waals surface area contributed by atoms with Crippen LogP contribution in [0.4, 0.5) is 11.4 Å². The van der Waals surface area contributed by atoms with E-state index in [1.54, 1.807) is 55.5 Å². The van der Waals surface area contributed by atoms with E-state index in [2.05, 4.69) is 5.32 Å². The molecule has 0 saturated heterocycles. The van der Waals surface area contributed by atoms with Gasteiger partial charge in [0.1, 0.15) is 17.2 Å². The van der Waals surface area contributed by atoms with Gasteiger partial charge in [-0.1, -0.05) is 29.8 Å². The number of halogens is 1. The summed E-state index contributed by atoms with van der Waals surface area (Å²) in [5, 5.41) is 3.25. The number of rotatable bonds is 7. The van der Waals surface area contributed by atoms with Crippen LogP contribution in [0.5, 0.6) is 5.75 Å². The van der Waals surface area contributed by atoms with Gasteiger partial charge in [-0.3, -0.25) is 9.10 Å². The van der Waals surface area contributed by atoms with Gasteiger partial charge in [0, 0.05) is 10.7 Å². The van der Waals surface area contributed by atoms with Crippen molar-refractivity contribution in [3.63, 3.8) is 0 Å². The first-order chi connectivity index (χ1) is 15.5. The summed E-state index contributed by atoms with van der Waals surface area (Å²) in [5.41, 5.74) is 4.28. The Bertz CT molecular complexity index is 1290. The number of benzene rings is 3. The zero-order chi connectivity index (χ0) is 24.3. The van der Waals surface area contributed by atoms with Crippen LogP contribution in [0.3, 0.4) is 0 Å². The molecule has 0 spiro atoms. The van der Waals surface area contributed by atoms with Crippen molar-refractivity contribution in [3.8, 4) is 5.75 Å². The molecule has 33 heavy (non-hydrogen) atoms. The number of carbonyl (C=O) groups is 1. The average molecular weight is 487 g/mol. The molecule has 0 fully saturated rings.